The SMILES string of the molecule is Cc1nn(CCCNS(=O)(=O)CCOc2ccccc2)c2ccccc12. The summed E-state index contributed by atoms with van der Waals surface area (Å²) in [5, 5.41) is 5.66. The molecule has 0 bridgehead atoms. The maximum atomic E-state index is 12.0. The van der Waals surface area contributed by atoms with Gasteiger partial charge in [0.2, 0.25) is 10.0 Å². The molecule has 0 aliphatic carbocycles. The third kappa shape index (κ3) is 4.83. The van der Waals surface area contributed by atoms with E-state index in [0.29, 0.717) is 25.3 Å². The number of sulfonamides is 1. The minimum Gasteiger partial charge on any atom is -0.492 e. The molecule has 1 N–H and O–H groups in total. The first-order valence-corrected chi connectivity index (χ1v) is 10.3. The summed E-state index contributed by atoms with van der Waals surface area (Å²) in [4.78, 5) is 0. The summed E-state index contributed by atoms with van der Waals surface area (Å²) in [6.45, 7) is 3.15. The van der Waals surface area contributed by atoms with Crippen LogP contribution in [0.1, 0.15) is 12.1 Å². The molecule has 0 saturated heterocycles. The van der Waals surface area contributed by atoms with Gasteiger partial charge in [0.25, 0.3) is 0 Å². The van der Waals surface area contributed by atoms with E-state index in [4.69, 9.17) is 4.74 Å². The average molecular weight is 373 g/mol. The van der Waals surface area contributed by atoms with Crippen molar-refractivity contribution in [2.45, 2.75) is 19.9 Å². The lowest BCUT2D eigenvalue weighted by atomic mass is 10.2. The summed E-state index contributed by atoms with van der Waals surface area (Å²) in [6, 6.07) is 17.2. The second kappa shape index (κ2) is 8.33. The van der Waals surface area contributed by atoms with E-state index in [-0.39, 0.29) is 12.4 Å². The minimum atomic E-state index is -3.35. The molecule has 0 radical (unpaired) electrons. The third-order valence-corrected chi connectivity index (χ3v) is 5.42. The van der Waals surface area contributed by atoms with E-state index < -0.39 is 10.0 Å². The molecule has 0 aliphatic heterocycles. The Kier molecular flexibility index (Phi) is 5.90. The number of hydrogen-bond acceptors (Lipinski definition) is 4. The van der Waals surface area contributed by atoms with E-state index in [9.17, 15) is 8.42 Å². The third-order valence-electron chi connectivity index (χ3n) is 4.08. The minimum absolute atomic E-state index is 0.0638. The summed E-state index contributed by atoms with van der Waals surface area (Å²) in [7, 11) is -3.35. The summed E-state index contributed by atoms with van der Waals surface area (Å²) < 4.78 is 34.1. The number of para-hydroxylation sites is 2. The van der Waals surface area contributed by atoms with E-state index in [0.717, 1.165) is 16.6 Å². The zero-order chi connectivity index (χ0) is 18.4. The van der Waals surface area contributed by atoms with Crippen LogP contribution in [0.15, 0.2) is 54.6 Å². The monoisotopic (exact) mass is 373 g/mol. The number of fused-ring (bicyclic) bond motifs is 1. The van der Waals surface area contributed by atoms with Gasteiger partial charge in [0, 0.05) is 18.5 Å². The van der Waals surface area contributed by atoms with Gasteiger partial charge in [-0.2, -0.15) is 5.10 Å². The molecule has 3 rings (SSSR count). The smallest absolute Gasteiger partial charge is 0.214 e. The summed E-state index contributed by atoms with van der Waals surface area (Å²) in [5.41, 5.74) is 2.06. The molecule has 138 valence electrons. The normalized spacial score (nSPS) is 11.7. The van der Waals surface area contributed by atoms with E-state index in [1.807, 2.05) is 54.1 Å². The Balaban J connectivity index is 1.43. The van der Waals surface area contributed by atoms with Gasteiger partial charge < -0.3 is 4.74 Å². The lowest BCUT2D eigenvalue weighted by molar-refractivity contribution is 0.340. The van der Waals surface area contributed by atoms with E-state index in [1.54, 1.807) is 12.1 Å². The fourth-order valence-corrected chi connectivity index (χ4v) is 3.68. The first-order chi connectivity index (χ1) is 12.6. The highest BCUT2D eigenvalue weighted by Gasteiger charge is 2.11. The van der Waals surface area contributed by atoms with Crippen LogP contribution in [-0.4, -0.2) is 37.1 Å². The standard InChI is InChI=1S/C19H23N3O3S/c1-16-18-10-5-6-11-19(18)22(21-16)13-7-12-20-26(23,24)15-14-25-17-8-3-2-4-9-17/h2-6,8-11,20H,7,12-15H2,1H3. The van der Waals surface area contributed by atoms with Crippen LogP contribution in [0.25, 0.3) is 10.9 Å². The van der Waals surface area contributed by atoms with E-state index in [2.05, 4.69) is 9.82 Å². The van der Waals surface area contributed by atoms with Gasteiger partial charge in [0.05, 0.1) is 17.0 Å². The van der Waals surface area contributed by atoms with Crippen LogP contribution in [-0.2, 0) is 16.6 Å². The maximum absolute atomic E-state index is 12.0. The van der Waals surface area contributed by atoms with Crippen molar-refractivity contribution in [3.05, 3.63) is 60.3 Å². The summed E-state index contributed by atoms with van der Waals surface area (Å²) in [5.74, 6) is 0.606. The first kappa shape index (κ1) is 18.4. The lowest BCUT2D eigenvalue weighted by Crippen LogP contribution is -2.30. The van der Waals surface area contributed by atoms with Gasteiger partial charge in [-0.15, -0.1) is 0 Å². The van der Waals surface area contributed by atoms with Crippen LogP contribution in [0.2, 0.25) is 0 Å². The predicted molar refractivity (Wildman–Crippen MR) is 103 cm³/mol. The second-order valence-electron chi connectivity index (χ2n) is 6.05. The molecular weight excluding hydrogens is 350 g/mol. The molecule has 1 aromatic heterocycles. The fraction of sp³-hybridized carbons (Fsp3) is 0.316. The highest BCUT2D eigenvalue weighted by Crippen LogP contribution is 2.17. The van der Waals surface area contributed by atoms with Crippen molar-refractivity contribution in [2.24, 2.45) is 0 Å². The van der Waals surface area contributed by atoms with Gasteiger partial charge in [-0.1, -0.05) is 36.4 Å². The Labute approximate surface area is 153 Å². The molecule has 7 heteroatoms. The summed E-state index contributed by atoms with van der Waals surface area (Å²) >= 11 is 0. The Morgan fingerprint density at radius 2 is 1.81 bits per heavy atom. The lowest BCUT2D eigenvalue weighted by Gasteiger charge is -2.09. The van der Waals surface area contributed by atoms with Crippen molar-refractivity contribution in [3.63, 3.8) is 0 Å². The number of aryl methyl sites for hydroxylation is 2. The highest BCUT2D eigenvalue weighted by molar-refractivity contribution is 7.89. The first-order valence-electron chi connectivity index (χ1n) is 8.62. The molecule has 0 spiro atoms. The average Bonchev–Trinajstić information content (AvgIpc) is 2.96. The number of hydrogen-bond donors (Lipinski definition) is 1. The number of nitrogens with zero attached hydrogens (tertiary/aromatic N) is 2. The van der Waals surface area contributed by atoms with Crippen molar-refractivity contribution in [1.29, 1.82) is 0 Å². The Morgan fingerprint density at radius 1 is 1.08 bits per heavy atom. The maximum Gasteiger partial charge on any atom is 0.214 e. The van der Waals surface area contributed by atoms with E-state index in [1.165, 1.54) is 0 Å². The van der Waals surface area contributed by atoms with Gasteiger partial charge in [-0.3, -0.25) is 4.68 Å². The number of aromatic nitrogens is 2. The number of rotatable bonds is 9. The van der Waals surface area contributed by atoms with Gasteiger partial charge in [-0.05, 0) is 31.5 Å². The molecule has 0 saturated carbocycles. The predicted octanol–water partition coefficient (Wildman–Crippen LogP) is 2.73. The molecule has 0 unspecified atom stereocenters. The van der Waals surface area contributed by atoms with Crippen LogP contribution < -0.4 is 9.46 Å². The highest BCUT2D eigenvalue weighted by atomic mass is 32.2. The molecule has 1 heterocycles. The zero-order valence-electron chi connectivity index (χ0n) is 14.8. The van der Waals surface area contributed by atoms with Gasteiger partial charge in [-0.25, -0.2) is 13.1 Å². The van der Waals surface area contributed by atoms with Crippen molar-refractivity contribution < 1.29 is 13.2 Å². The molecule has 0 atom stereocenters. The van der Waals surface area contributed by atoms with E-state index >= 15 is 0 Å². The van der Waals surface area contributed by atoms with Crippen molar-refractivity contribution in [2.75, 3.05) is 18.9 Å². The summed E-state index contributed by atoms with van der Waals surface area (Å²) in [6.07, 6.45) is 0.671. The number of nitrogens with one attached hydrogen (secondary N) is 1. The largest absolute Gasteiger partial charge is 0.492 e. The number of ether oxygens (including phenoxy) is 1. The molecule has 26 heavy (non-hydrogen) atoms. The number of benzene rings is 2. The molecule has 0 amide bonds. The van der Waals surface area contributed by atoms with Crippen molar-refractivity contribution >= 4 is 20.9 Å². The van der Waals surface area contributed by atoms with Crippen LogP contribution in [0.3, 0.4) is 0 Å². The zero-order valence-corrected chi connectivity index (χ0v) is 15.6. The second-order valence-corrected chi connectivity index (χ2v) is 7.98. The molecule has 3 aromatic rings. The van der Waals surface area contributed by atoms with Crippen LogP contribution in [0.5, 0.6) is 5.75 Å². The Hall–Kier alpha value is -2.38. The van der Waals surface area contributed by atoms with Crippen molar-refractivity contribution in [1.82, 2.24) is 14.5 Å². The van der Waals surface area contributed by atoms with Crippen LogP contribution in [0.4, 0.5) is 0 Å². The van der Waals surface area contributed by atoms with Gasteiger partial charge >= 0.3 is 0 Å². The van der Waals surface area contributed by atoms with Gasteiger partial charge in [0.15, 0.2) is 0 Å². The van der Waals surface area contributed by atoms with Gasteiger partial charge in [0.1, 0.15) is 12.4 Å². The molecule has 6 nitrogen and oxygen atoms in total. The topological polar surface area (TPSA) is 73.2 Å². The van der Waals surface area contributed by atoms with Crippen LogP contribution >= 0.6 is 0 Å². The molecule has 0 aliphatic rings. The quantitative estimate of drug-likeness (QED) is 0.585. The molecule has 2 aromatic carbocycles. The fourth-order valence-electron chi connectivity index (χ4n) is 2.78. The van der Waals surface area contributed by atoms with Crippen molar-refractivity contribution in [3.8, 4) is 5.75 Å². The Morgan fingerprint density at radius 3 is 2.62 bits per heavy atom. The molecule has 0 fully saturated rings. The van der Waals surface area contributed by atoms with Crippen LogP contribution in [0, 0.1) is 6.92 Å². The molecular formula is C19H23N3O3S. The Bertz CT molecular complexity index is 953.